The van der Waals surface area contributed by atoms with Crippen molar-refractivity contribution in [2.45, 2.75) is 37.9 Å². The lowest BCUT2D eigenvalue weighted by molar-refractivity contribution is 0.223. The summed E-state index contributed by atoms with van der Waals surface area (Å²) in [6.45, 7) is 5.45. The Hall–Kier alpha value is 0.230. The van der Waals surface area contributed by atoms with Gasteiger partial charge in [0.05, 0.1) is 5.25 Å². The Morgan fingerprint density at radius 1 is 1.29 bits per heavy atom. The highest BCUT2D eigenvalue weighted by Crippen LogP contribution is 2.44. The third-order valence-electron chi connectivity index (χ3n) is 2.99. The van der Waals surface area contributed by atoms with Crippen molar-refractivity contribution in [1.82, 2.24) is 4.90 Å². The number of hydrogen-bond acceptors (Lipinski definition) is 3. The molecular weight excluding hydrogens is 198 g/mol. The zero-order valence-corrected chi connectivity index (χ0v) is 10.1. The van der Waals surface area contributed by atoms with E-state index in [-0.39, 0.29) is 5.25 Å². The highest BCUT2D eigenvalue weighted by Gasteiger charge is 2.26. The lowest BCUT2D eigenvalue weighted by Crippen LogP contribution is -2.38. The van der Waals surface area contributed by atoms with E-state index in [1.807, 2.05) is 0 Å². The molecule has 1 rings (SSSR count). The summed E-state index contributed by atoms with van der Waals surface area (Å²) in [7, 11) is -2.30. The Morgan fingerprint density at radius 3 is 2.29 bits per heavy atom. The first-order valence-corrected chi connectivity index (χ1v) is 7.50. The Bertz CT molecular complexity index is 162. The SMILES string of the molecule is CCCCN1CCC(S(C)(O)O)CC1. The summed E-state index contributed by atoms with van der Waals surface area (Å²) in [4.78, 5) is 2.44. The predicted octanol–water partition coefficient (Wildman–Crippen LogP) is 2.63. The van der Waals surface area contributed by atoms with Crippen LogP contribution in [0.25, 0.3) is 0 Å². The number of rotatable bonds is 4. The second-order valence-corrected chi connectivity index (χ2v) is 6.74. The standard InChI is InChI=1S/C10H23NO2S/c1-3-4-7-11-8-5-10(6-9-11)14(2,12)13/h10,12-13H,3-9H2,1-2H3. The van der Waals surface area contributed by atoms with Crippen LogP contribution in [0, 0.1) is 0 Å². The van der Waals surface area contributed by atoms with E-state index in [1.54, 1.807) is 6.26 Å². The van der Waals surface area contributed by atoms with Gasteiger partial charge in [0.2, 0.25) is 0 Å². The van der Waals surface area contributed by atoms with Gasteiger partial charge in [-0.3, -0.25) is 9.11 Å². The van der Waals surface area contributed by atoms with Crippen LogP contribution in [0.3, 0.4) is 0 Å². The van der Waals surface area contributed by atoms with Crippen LogP contribution >= 0.6 is 10.6 Å². The Labute approximate surface area is 88.8 Å². The average molecular weight is 221 g/mol. The van der Waals surface area contributed by atoms with Crippen molar-refractivity contribution < 1.29 is 9.11 Å². The molecule has 1 saturated heterocycles. The lowest BCUT2D eigenvalue weighted by Gasteiger charge is -2.41. The molecule has 14 heavy (non-hydrogen) atoms. The second-order valence-electron chi connectivity index (χ2n) is 4.29. The van der Waals surface area contributed by atoms with Gasteiger partial charge in [-0.2, -0.15) is 10.6 Å². The maximum Gasteiger partial charge on any atom is 0.0506 e. The van der Waals surface area contributed by atoms with Crippen molar-refractivity contribution in [3.63, 3.8) is 0 Å². The summed E-state index contributed by atoms with van der Waals surface area (Å²) in [5.41, 5.74) is 0. The van der Waals surface area contributed by atoms with E-state index in [9.17, 15) is 9.11 Å². The third kappa shape index (κ3) is 3.77. The fourth-order valence-corrected chi connectivity index (χ4v) is 3.06. The minimum atomic E-state index is -2.30. The van der Waals surface area contributed by atoms with Gasteiger partial charge >= 0.3 is 0 Å². The summed E-state index contributed by atoms with van der Waals surface area (Å²) in [5.74, 6) is 0. The molecule has 1 aliphatic rings. The topological polar surface area (TPSA) is 43.7 Å². The Balaban J connectivity index is 2.24. The summed E-state index contributed by atoms with van der Waals surface area (Å²) in [5, 5.41) is 0.139. The zero-order valence-electron chi connectivity index (χ0n) is 9.28. The summed E-state index contributed by atoms with van der Waals surface area (Å²) in [6, 6.07) is 0. The highest BCUT2D eigenvalue weighted by molar-refractivity contribution is 8.24. The first kappa shape index (κ1) is 12.3. The van der Waals surface area contributed by atoms with Gasteiger partial charge in [-0.05, 0) is 38.9 Å². The van der Waals surface area contributed by atoms with Crippen LogP contribution in [0.15, 0.2) is 0 Å². The first-order chi connectivity index (χ1) is 6.54. The molecule has 1 aliphatic heterocycles. The van der Waals surface area contributed by atoms with Crippen LogP contribution in [0.5, 0.6) is 0 Å². The number of unbranched alkanes of at least 4 members (excludes halogenated alkanes) is 1. The van der Waals surface area contributed by atoms with Crippen LogP contribution in [-0.2, 0) is 0 Å². The Morgan fingerprint density at radius 2 is 1.86 bits per heavy atom. The molecule has 0 saturated carbocycles. The molecular formula is C10H23NO2S. The molecule has 0 atom stereocenters. The molecule has 0 unspecified atom stereocenters. The largest absolute Gasteiger partial charge is 0.303 e. The third-order valence-corrected chi connectivity index (χ3v) is 4.73. The molecule has 0 aromatic carbocycles. The maximum absolute atomic E-state index is 9.53. The molecule has 0 radical (unpaired) electrons. The van der Waals surface area contributed by atoms with Gasteiger partial charge in [0.1, 0.15) is 0 Å². The number of nitrogens with zero attached hydrogens (tertiary/aromatic N) is 1. The molecule has 0 amide bonds. The van der Waals surface area contributed by atoms with Gasteiger partial charge in [-0.15, -0.1) is 0 Å². The fourth-order valence-electron chi connectivity index (χ4n) is 1.96. The highest BCUT2D eigenvalue weighted by atomic mass is 32.3. The molecule has 1 fully saturated rings. The summed E-state index contributed by atoms with van der Waals surface area (Å²) < 4.78 is 19.1. The lowest BCUT2D eigenvalue weighted by atomic mass is 10.1. The van der Waals surface area contributed by atoms with E-state index < -0.39 is 10.6 Å². The minimum absolute atomic E-state index is 0.139. The van der Waals surface area contributed by atoms with Gasteiger partial charge < -0.3 is 4.90 Å². The van der Waals surface area contributed by atoms with Crippen molar-refractivity contribution in [1.29, 1.82) is 0 Å². The van der Waals surface area contributed by atoms with E-state index in [4.69, 9.17) is 0 Å². The molecule has 0 aromatic rings. The van der Waals surface area contributed by atoms with E-state index in [1.165, 1.54) is 19.4 Å². The van der Waals surface area contributed by atoms with Crippen LogP contribution in [0.2, 0.25) is 0 Å². The molecule has 86 valence electrons. The van der Waals surface area contributed by atoms with Crippen LogP contribution in [-0.4, -0.2) is 45.1 Å². The number of hydrogen-bond donors (Lipinski definition) is 2. The van der Waals surface area contributed by atoms with Gasteiger partial charge in [0.25, 0.3) is 0 Å². The second kappa shape index (κ2) is 5.35. The zero-order chi connectivity index (χ0) is 10.6. The van der Waals surface area contributed by atoms with Gasteiger partial charge in [-0.1, -0.05) is 13.3 Å². The molecule has 3 nitrogen and oxygen atoms in total. The average Bonchev–Trinajstić information content (AvgIpc) is 2.14. The monoisotopic (exact) mass is 221 g/mol. The molecule has 0 aromatic heterocycles. The van der Waals surface area contributed by atoms with Crippen LogP contribution in [0.1, 0.15) is 32.6 Å². The van der Waals surface area contributed by atoms with Gasteiger partial charge in [0, 0.05) is 6.26 Å². The van der Waals surface area contributed by atoms with E-state index >= 15 is 0 Å². The van der Waals surface area contributed by atoms with Crippen molar-refractivity contribution >= 4 is 10.6 Å². The van der Waals surface area contributed by atoms with E-state index in [0.29, 0.717) is 0 Å². The normalized spacial score (nSPS) is 22.6. The number of likely N-dealkylation sites (tertiary alicyclic amines) is 1. The number of piperidine rings is 1. The molecule has 1 heterocycles. The molecule has 0 bridgehead atoms. The molecule has 0 aliphatic carbocycles. The first-order valence-electron chi connectivity index (χ1n) is 5.48. The van der Waals surface area contributed by atoms with Crippen LogP contribution < -0.4 is 0 Å². The van der Waals surface area contributed by atoms with E-state index in [2.05, 4.69) is 11.8 Å². The van der Waals surface area contributed by atoms with E-state index in [0.717, 1.165) is 25.9 Å². The summed E-state index contributed by atoms with van der Waals surface area (Å²) >= 11 is 0. The van der Waals surface area contributed by atoms with Crippen molar-refractivity contribution in [2.24, 2.45) is 0 Å². The van der Waals surface area contributed by atoms with Crippen molar-refractivity contribution in [3.05, 3.63) is 0 Å². The molecule has 2 N–H and O–H groups in total. The Kier molecular flexibility index (Phi) is 4.70. The maximum atomic E-state index is 9.53. The van der Waals surface area contributed by atoms with Gasteiger partial charge in [0.15, 0.2) is 0 Å². The molecule has 4 heteroatoms. The molecule has 0 spiro atoms. The fraction of sp³-hybridized carbons (Fsp3) is 1.00. The van der Waals surface area contributed by atoms with Crippen molar-refractivity contribution in [3.8, 4) is 0 Å². The summed E-state index contributed by atoms with van der Waals surface area (Å²) in [6.07, 6.45) is 5.97. The van der Waals surface area contributed by atoms with Crippen molar-refractivity contribution in [2.75, 3.05) is 25.9 Å². The van der Waals surface area contributed by atoms with Crippen LogP contribution in [0.4, 0.5) is 0 Å². The minimum Gasteiger partial charge on any atom is -0.303 e. The quantitative estimate of drug-likeness (QED) is 0.767. The smallest absolute Gasteiger partial charge is 0.0506 e. The van der Waals surface area contributed by atoms with Gasteiger partial charge in [-0.25, -0.2) is 0 Å². The predicted molar refractivity (Wildman–Crippen MR) is 63.1 cm³/mol.